The normalized spacial score (nSPS) is 17.4. The molecule has 9 nitrogen and oxygen atoms in total. The van der Waals surface area contributed by atoms with E-state index in [1.54, 1.807) is 37.8 Å². The summed E-state index contributed by atoms with van der Waals surface area (Å²) in [6, 6.07) is 7.25. The molecule has 0 radical (unpaired) electrons. The third-order valence-corrected chi connectivity index (χ3v) is 6.52. The molecule has 0 saturated heterocycles. The van der Waals surface area contributed by atoms with Crippen LogP contribution in [-0.2, 0) is 17.8 Å². The van der Waals surface area contributed by atoms with Crippen molar-refractivity contribution in [2.45, 2.75) is 45.2 Å². The number of aromatic nitrogens is 4. The Morgan fingerprint density at radius 1 is 1.22 bits per heavy atom. The molecule has 4 rings (SSSR count). The second kappa shape index (κ2) is 12.6. The van der Waals surface area contributed by atoms with Crippen LogP contribution in [0.1, 0.15) is 61.0 Å². The SMILES string of the molecule is [3H]CCOC[C@@H]1CCCC1c1ncc(C(=O)NCc2ncccn2)c(NCc2ccc(OC)c(Cl)c2)n1. The van der Waals surface area contributed by atoms with E-state index in [9.17, 15) is 4.79 Å². The number of methoxy groups -OCH3 is 1. The first-order chi connectivity index (χ1) is 18.1. The summed E-state index contributed by atoms with van der Waals surface area (Å²) in [6.45, 7) is 1.84. The maximum atomic E-state index is 13.1. The maximum absolute atomic E-state index is 13.1. The number of nitrogens with one attached hydrogen (secondary N) is 2. The molecule has 2 aromatic heterocycles. The van der Waals surface area contributed by atoms with Crippen LogP contribution in [-0.4, -0.2) is 46.2 Å². The highest BCUT2D eigenvalue weighted by atomic mass is 35.5. The summed E-state index contributed by atoms with van der Waals surface area (Å²) in [5, 5.41) is 6.66. The fraction of sp³-hybridized carbons (Fsp3) is 0.423. The molecule has 1 saturated carbocycles. The first kappa shape index (κ1) is 24.4. The molecule has 1 unspecified atom stereocenters. The summed E-state index contributed by atoms with van der Waals surface area (Å²) >= 11 is 6.29. The lowest BCUT2D eigenvalue weighted by Gasteiger charge is -2.20. The zero-order valence-electron chi connectivity index (χ0n) is 21.2. The van der Waals surface area contributed by atoms with Gasteiger partial charge in [0, 0.05) is 39.0 Å². The van der Waals surface area contributed by atoms with Gasteiger partial charge in [0.1, 0.15) is 28.8 Å². The van der Waals surface area contributed by atoms with Crippen LogP contribution in [0.2, 0.25) is 5.02 Å². The summed E-state index contributed by atoms with van der Waals surface area (Å²) in [5.41, 5.74) is 1.25. The predicted octanol–water partition coefficient (Wildman–Crippen LogP) is 4.39. The molecule has 1 amide bonds. The third kappa shape index (κ3) is 6.47. The van der Waals surface area contributed by atoms with E-state index in [0.29, 0.717) is 53.6 Å². The van der Waals surface area contributed by atoms with Crippen LogP contribution < -0.4 is 15.4 Å². The number of benzene rings is 1. The fourth-order valence-electron chi connectivity index (χ4n) is 4.37. The number of ether oxygens (including phenoxy) is 2. The van der Waals surface area contributed by atoms with Crippen LogP contribution in [0.25, 0.3) is 0 Å². The minimum atomic E-state index is -0.323. The lowest BCUT2D eigenvalue weighted by molar-refractivity contribution is 0.0949. The molecule has 2 N–H and O–H groups in total. The first-order valence-electron chi connectivity index (χ1n) is 12.6. The molecule has 1 aromatic carbocycles. The molecular weight excluding hydrogens is 480 g/mol. The molecule has 1 aliphatic carbocycles. The monoisotopic (exact) mass is 512 g/mol. The fourth-order valence-corrected chi connectivity index (χ4v) is 4.65. The van der Waals surface area contributed by atoms with Gasteiger partial charge in [-0.3, -0.25) is 4.79 Å². The first-order valence-corrected chi connectivity index (χ1v) is 12.3. The van der Waals surface area contributed by atoms with Crippen molar-refractivity contribution < 1.29 is 15.6 Å². The van der Waals surface area contributed by atoms with E-state index in [-0.39, 0.29) is 31.2 Å². The highest BCUT2D eigenvalue weighted by Crippen LogP contribution is 2.38. The van der Waals surface area contributed by atoms with E-state index in [1.165, 1.54) is 0 Å². The molecule has 2 heterocycles. The lowest BCUT2D eigenvalue weighted by Crippen LogP contribution is -2.26. The van der Waals surface area contributed by atoms with Gasteiger partial charge in [-0.1, -0.05) is 24.1 Å². The Kier molecular flexibility index (Phi) is 8.54. The summed E-state index contributed by atoms with van der Waals surface area (Å²) in [7, 11) is 1.57. The van der Waals surface area contributed by atoms with Crippen LogP contribution in [0.15, 0.2) is 42.9 Å². The van der Waals surface area contributed by atoms with Gasteiger partial charge >= 0.3 is 0 Å². The third-order valence-electron chi connectivity index (χ3n) is 6.22. The van der Waals surface area contributed by atoms with Crippen molar-refractivity contribution in [2.24, 2.45) is 5.92 Å². The van der Waals surface area contributed by atoms with Gasteiger partial charge in [-0.2, -0.15) is 0 Å². The van der Waals surface area contributed by atoms with Crippen molar-refractivity contribution in [3.8, 4) is 5.75 Å². The largest absolute Gasteiger partial charge is 0.495 e. The number of anilines is 1. The molecule has 10 heteroatoms. The summed E-state index contributed by atoms with van der Waals surface area (Å²) in [4.78, 5) is 30.8. The van der Waals surface area contributed by atoms with E-state index in [4.69, 9.17) is 27.4 Å². The molecule has 3 aromatic rings. The molecule has 1 fully saturated rings. The Morgan fingerprint density at radius 2 is 2.08 bits per heavy atom. The highest BCUT2D eigenvalue weighted by molar-refractivity contribution is 6.32. The van der Waals surface area contributed by atoms with E-state index < -0.39 is 0 Å². The lowest BCUT2D eigenvalue weighted by atomic mass is 9.96. The molecule has 1 aliphatic rings. The van der Waals surface area contributed by atoms with Crippen molar-refractivity contribution in [3.63, 3.8) is 0 Å². The maximum Gasteiger partial charge on any atom is 0.256 e. The predicted molar refractivity (Wildman–Crippen MR) is 137 cm³/mol. The summed E-state index contributed by atoms with van der Waals surface area (Å²) < 4.78 is 18.2. The number of amides is 1. The van der Waals surface area contributed by atoms with Crippen LogP contribution in [0, 0.1) is 5.92 Å². The van der Waals surface area contributed by atoms with Crippen LogP contribution in [0.5, 0.6) is 5.75 Å². The standard InChI is InChI=1S/C26H31ClN6O3/c1-3-36-16-18-6-4-7-19(18)24-31-14-20(26(34)32-15-23-28-10-5-11-29-23)25(33-24)30-13-17-8-9-22(35-2)21(27)12-17/h5,8-12,14,18-19H,3-4,6-7,13,15-16H2,1-2H3,(H,32,34)(H,30,31,33)/t18-,19?/m0/s1/i1T. The minimum Gasteiger partial charge on any atom is -0.495 e. The number of rotatable bonds is 11. The van der Waals surface area contributed by atoms with Crippen molar-refractivity contribution in [2.75, 3.05) is 25.6 Å². The van der Waals surface area contributed by atoms with Gasteiger partial charge in [-0.05, 0) is 49.4 Å². The highest BCUT2D eigenvalue weighted by Gasteiger charge is 2.31. The van der Waals surface area contributed by atoms with Crippen molar-refractivity contribution >= 4 is 23.3 Å². The molecule has 0 aliphatic heterocycles. The van der Waals surface area contributed by atoms with Crippen molar-refractivity contribution in [1.82, 2.24) is 25.3 Å². The molecule has 2 atom stereocenters. The Bertz CT molecular complexity index is 1190. The minimum absolute atomic E-state index is 0.136. The van der Waals surface area contributed by atoms with E-state index in [0.717, 1.165) is 24.8 Å². The zero-order chi connectivity index (χ0) is 26.0. The number of hydrogen-bond acceptors (Lipinski definition) is 8. The van der Waals surface area contributed by atoms with Gasteiger partial charge in [-0.15, -0.1) is 0 Å². The number of carbonyl (C=O) groups is 1. The van der Waals surface area contributed by atoms with E-state index in [1.807, 2.05) is 12.1 Å². The summed E-state index contributed by atoms with van der Waals surface area (Å²) in [6.07, 6.45) is 7.89. The number of carbonyl (C=O) groups excluding carboxylic acids is 1. The van der Waals surface area contributed by atoms with Crippen molar-refractivity contribution in [3.05, 3.63) is 70.7 Å². The summed E-state index contributed by atoms with van der Waals surface area (Å²) in [5.74, 6) is 2.34. The second-order valence-electron chi connectivity index (χ2n) is 8.53. The Hall–Kier alpha value is -3.30. The average Bonchev–Trinajstić information content (AvgIpc) is 3.40. The molecule has 190 valence electrons. The van der Waals surface area contributed by atoms with Gasteiger partial charge in [0.15, 0.2) is 0 Å². The second-order valence-corrected chi connectivity index (χ2v) is 8.94. The van der Waals surface area contributed by atoms with Gasteiger partial charge in [0.25, 0.3) is 5.91 Å². The van der Waals surface area contributed by atoms with Crippen LogP contribution in [0.3, 0.4) is 0 Å². The molecule has 0 spiro atoms. The molecule has 0 bridgehead atoms. The van der Waals surface area contributed by atoms with E-state index >= 15 is 0 Å². The van der Waals surface area contributed by atoms with Gasteiger partial charge in [0.05, 0.1) is 25.3 Å². The Balaban J connectivity index is 1.54. The Morgan fingerprint density at radius 3 is 2.86 bits per heavy atom. The smallest absolute Gasteiger partial charge is 0.256 e. The Labute approximate surface area is 217 Å². The molecule has 36 heavy (non-hydrogen) atoms. The zero-order valence-corrected chi connectivity index (χ0v) is 21.0. The average molecular weight is 513 g/mol. The quantitative estimate of drug-likeness (QED) is 0.364. The van der Waals surface area contributed by atoms with Gasteiger partial charge < -0.3 is 20.1 Å². The van der Waals surface area contributed by atoms with Gasteiger partial charge in [0.2, 0.25) is 0 Å². The molecular formula is C26H31ClN6O3. The van der Waals surface area contributed by atoms with E-state index in [2.05, 4.69) is 25.6 Å². The topological polar surface area (TPSA) is 111 Å². The van der Waals surface area contributed by atoms with Crippen LogP contribution >= 0.6 is 11.6 Å². The van der Waals surface area contributed by atoms with Crippen LogP contribution in [0.4, 0.5) is 5.82 Å². The van der Waals surface area contributed by atoms with Gasteiger partial charge in [-0.25, -0.2) is 19.9 Å². The number of nitrogens with zero attached hydrogens (tertiary/aromatic N) is 4. The van der Waals surface area contributed by atoms with Crippen molar-refractivity contribution in [1.29, 1.82) is 0 Å². The number of halogens is 1. The number of hydrogen-bond donors (Lipinski definition) is 2.